The number of aliphatic hydroxyl groups excluding tert-OH is 1. The van der Waals surface area contributed by atoms with Crippen molar-refractivity contribution in [2.75, 3.05) is 0 Å². The molecule has 1 aromatic carbocycles. The lowest BCUT2D eigenvalue weighted by Gasteiger charge is -2.07. The summed E-state index contributed by atoms with van der Waals surface area (Å²) in [7, 11) is 0. The molecule has 0 saturated heterocycles. The molecule has 4 nitrogen and oxygen atoms in total. The monoisotopic (exact) mass is 258 g/mol. The number of aliphatic hydroxyl groups is 1. The molecule has 0 bridgehead atoms. The summed E-state index contributed by atoms with van der Waals surface area (Å²) in [4.78, 5) is 8.33. The molecule has 0 aliphatic heterocycles. The smallest absolute Gasteiger partial charge is 0.271 e. The van der Waals surface area contributed by atoms with E-state index in [0.717, 1.165) is 16.0 Å². The van der Waals surface area contributed by atoms with Crippen LogP contribution in [0.2, 0.25) is 0 Å². The van der Waals surface area contributed by atoms with Crippen molar-refractivity contribution >= 4 is 21.6 Å². The van der Waals surface area contributed by atoms with E-state index in [1.165, 1.54) is 11.3 Å². The van der Waals surface area contributed by atoms with Crippen molar-refractivity contribution in [3.05, 3.63) is 42.1 Å². The van der Waals surface area contributed by atoms with Crippen molar-refractivity contribution in [2.24, 2.45) is 0 Å². The summed E-state index contributed by atoms with van der Waals surface area (Å²) < 4.78 is 0.858. The van der Waals surface area contributed by atoms with Crippen molar-refractivity contribution < 1.29 is 10.2 Å². The highest BCUT2D eigenvalue weighted by molar-refractivity contribution is 7.20. The van der Waals surface area contributed by atoms with Gasteiger partial charge in [-0.25, -0.2) is 4.98 Å². The number of hydrogen-bond donors (Lipinski definition) is 2. The zero-order valence-corrected chi connectivity index (χ0v) is 10.2. The fraction of sp³-hybridized carbons (Fsp3) is 0.0769. The van der Waals surface area contributed by atoms with E-state index < -0.39 is 0 Å². The Bertz CT molecular complexity index is 695. The Morgan fingerprint density at radius 3 is 2.78 bits per heavy atom. The van der Waals surface area contributed by atoms with Gasteiger partial charge in [-0.1, -0.05) is 23.5 Å². The number of aromatic nitrogens is 2. The molecule has 0 atom stereocenters. The minimum absolute atomic E-state index is 0.0119. The number of nitrogens with zero attached hydrogens (tertiary/aromatic N) is 2. The number of benzene rings is 1. The molecule has 0 spiro atoms. The lowest BCUT2D eigenvalue weighted by Crippen LogP contribution is -1.92. The average Bonchev–Trinajstić information content (AvgIpc) is 2.78. The van der Waals surface area contributed by atoms with Crippen LogP contribution in [0.1, 0.15) is 5.56 Å². The zero-order chi connectivity index (χ0) is 12.5. The molecule has 0 radical (unpaired) electrons. The predicted octanol–water partition coefficient (Wildman–Crippen LogP) is 2.56. The van der Waals surface area contributed by atoms with E-state index in [4.69, 9.17) is 0 Å². The molecule has 3 aromatic rings. The number of fused-ring (bicyclic) bond motifs is 1. The predicted molar refractivity (Wildman–Crippen MR) is 70.4 cm³/mol. The van der Waals surface area contributed by atoms with E-state index in [1.807, 2.05) is 30.3 Å². The topological polar surface area (TPSA) is 66.2 Å². The molecule has 18 heavy (non-hydrogen) atoms. The summed E-state index contributed by atoms with van der Waals surface area (Å²) in [5.41, 5.74) is 2.97. The number of pyridine rings is 1. The molecular formula is C13H10N2O2S. The SMILES string of the molecule is OCc1c(-c2ccccn2)ccc2sc(O)nc12. The van der Waals surface area contributed by atoms with Crippen molar-refractivity contribution in [3.63, 3.8) is 0 Å². The van der Waals surface area contributed by atoms with Gasteiger partial charge in [-0.15, -0.1) is 0 Å². The van der Waals surface area contributed by atoms with Gasteiger partial charge in [0.1, 0.15) is 0 Å². The van der Waals surface area contributed by atoms with Crippen LogP contribution in [0.3, 0.4) is 0 Å². The Morgan fingerprint density at radius 2 is 2.06 bits per heavy atom. The van der Waals surface area contributed by atoms with Crippen molar-refractivity contribution in [3.8, 4) is 16.5 Å². The lowest BCUT2D eigenvalue weighted by molar-refractivity contribution is 0.283. The lowest BCUT2D eigenvalue weighted by atomic mass is 10.0. The molecule has 2 heterocycles. The number of hydrogen-bond acceptors (Lipinski definition) is 5. The van der Waals surface area contributed by atoms with E-state index in [9.17, 15) is 10.2 Å². The van der Waals surface area contributed by atoms with Crippen LogP contribution in [0.25, 0.3) is 21.5 Å². The minimum atomic E-state index is -0.133. The van der Waals surface area contributed by atoms with E-state index in [2.05, 4.69) is 9.97 Å². The molecule has 3 rings (SSSR count). The molecule has 2 aromatic heterocycles. The fourth-order valence-electron chi connectivity index (χ4n) is 1.96. The third-order valence-electron chi connectivity index (χ3n) is 2.75. The maximum Gasteiger partial charge on any atom is 0.271 e. The van der Waals surface area contributed by atoms with Crippen LogP contribution in [0.15, 0.2) is 36.5 Å². The third-order valence-corrected chi connectivity index (χ3v) is 3.58. The highest BCUT2D eigenvalue weighted by Crippen LogP contribution is 2.34. The quantitative estimate of drug-likeness (QED) is 0.741. The van der Waals surface area contributed by atoms with Crippen molar-refractivity contribution in [1.29, 1.82) is 0 Å². The molecule has 0 unspecified atom stereocenters. The van der Waals surface area contributed by atoms with E-state index >= 15 is 0 Å². The molecule has 0 fully saturated rings. The Morgan fingerprint density at radius 1 is 1.17 bits per heavy atom. The second-order valence-electron chi connectivity index (χ2n) is 3.81. The van der Waals surface area contributed by atoms with Gasteiger partial charge in [-0.3, -0.25) is 4.98 Å². The van der Waals surface area contributed by atoms with Crippen LogP contribution >= 0.6 is 11.3 Å². The van der Waals surface area contributed by atoms with Gasteiger partial charge in [-0.2, -0.15) is 0 Å². The summed E-state index contributed by atoms with van der Waals surface area (Å²) in [6.45, 7) is -0.133. The first-order chi connectivity index (χ1) is 8.79. The third kappa shape index (κ3) is 1.73. The van der Waals surface area contributed by atoms with Crippen molar-refractivity contribution in [2.45, 2.75) is 6.61 Å². The van der Waals surface area contributed by atoms with Gasteiger partial charge < -0.3 is 10.2 Å². The van der Waals surface area contributed by atoms with Gasteiger partial charge in [0.15, 0.2) is 0 Å². The molecule has 2 N–H and O–H groups in total. The van der Waals surface area contributed by atoms with Gasteiger partial charge in [0.25, 0.3) is 5.19 Å². The summed E-state index contributed by atoms with van der Waals surface area (Å²) in [6.07, 6.45) is 1.71. The minimum Gasteiger partial charge on any atom is -0.486 e. The molecule has 0 aliphatic rings. The number of rotatable bonds is 2. The number of thiazole rings is 1. The van der Waals surface area contributed by atoms with E-state index in [0.29, 0.717) is 11.1 Å². The highest BCUT2D eigenvalue weighted by Gasteiger charge is 2.13. The first-order valence-corrected chi connectivity index (χ1v) is 6.25. The molecule has 90 valence electrons. The molecule has 0 amide bonds. The Labute approximate surface area is 107 Å². The van der Waals surface area contributed by atoms with Gasteiger partial charge in [-0.05, 0) is 18.2 Å². The summed E-state index contributed by atoms with van der Waals surface area (Å²) >= 11 is 1.20. The van der Waals surface area contributed by atoms with Crippen LogP contribution in [0.4, 0.5) is 0 Å². The molecule has 0 aliphatic carbocycles. The Hall–Kier alpha value is -1.98. The largest absolute Gasteiger partial charge is 0.486 e. The first-order valence-electron chi connectivity index (χ1n) is 5.43. The van der Waals surface area contributed by atoms with Gasteiger partial charge in [0, 0.05) is 17.3 Å². The Balaban J connectivity index is 2.30. The van der Waals surface area contributed by atoms with Crippen LogP contribution in [0, 0.1) is 0 Å². The summed E-state index contributed by atoms with van der Waals surface area (Å²) in [6, 6.07) is 9.40. The van der Waals surface area contributed by atoms with Crippen molar-refractivity contribution in [1.82, 2.24) is 9.97 Å². The molecular weight excluding hydrogens is 248 g/mol. The van der Waals surface area contributed by atoms with Crippen LogP contribution in [-0.4, -0.2) is 20.2 Å². The molecule has 5 heteroatoms. The van der Waals surface area contributed by atoms with Crippen LogP contribution < -0.4 is 0 Å². The van der Waals surface area contributed by atoms with Crippen LogP contribution in [0.5, 0.6) is 5.19 Å². The highest BCUT2D eigenvalue weighted by atomic mass is 32.1. The summed E-state index contributed by atoms with van der Waals surface area (Å²) in [5.74, 6) is 0. The second-order valence-corrected chi connectivity index (χ2v) is 4.82. The van der Waals surface area contributed by atoms with E-state index in [1.54, 1.807) is 6.20 Å². The standard InChI is InChI=1S/C13H10N2O2S/c16-7-9-8(10-3-1-2-6-14-10)4-5-11-12(9)15-13(17)18-11/h1-6,16H,7H2,(H,15,17). The fourth-order valence-corrected chi connectivity index (χ4v) is 2.69. The number of aromatic hydroxyl groups is 1. The van der Waals surface area contributed by atoms with Gasteiger partial charge >= 0.3 is 0 Å². The zero-order valence-electron chi connectivity index (χ0n) is 9.37. The maximum atomic E-state index is 9.54. The Kier molecular flexibility index (Phi) is 2.70. The van der Waals surface area contributed by atoms with Gasteiger partial charge in [0.05, 0.1) is 22.5 Å². The maximum absolute atomic E-state index is 9.54. The van der Waals surface area contributed by atoms with E-state index in [-0.39, 0.29) is 11.8 Å². The molecule has 0 saturated carbocycles. The van der Waals surface area contributed by atoms with Gasteiger partial charge in [0.2, 0.25) is 0 Å². The normalized spacial score (nSPS) is 10.9. The second kappa shape index (κ2) is 4.36. The first kappa shape index (κ1) is 11.1. The van der Waals surface area contributed by atoms with Crippen LogP contribution in [-0.2, 0) is 6.61 Å². The average molecular weight is 258 g/mol. The summed E-state index contributed by atoms with van der Waals surface area (Å²) in [5, 5.41) is 19.0.